The van der Waals surface area contributed by atoms with Crippen LogP contribution in [0, 0.1) is 0 Å². The molecule has 1 aliphatic heterocycles. The van der Waals surface area contributed by atoms with Crippen LogP contribution in [0.15, 0.2) is 43.0 Å². The molecule has 3 heteroatoms. The lowest BCUT2D eigenvalue weighted by Crippen LogP contribution is -2.26. The summed E-state index contributed by atoms with van der Waals surface area (Å²) in [6, 6.07) is 9.96. The number of rotatable bonds is 4. The summed E-state index contributed by atoms with van der Waals surface area (Å²) in [6.07, 6.45) is 2.39. The standard InChI is InChI=1S/C15H19ClO2/c1-4-8-12-14(18-15(2,3)17-12)13(16)11-9-6-5-7-10-11/h4-7,9-10,12-14H,1,8H2,2-3H3/t12-,13+,14-/m1/s1. The van der Waals surface area contributed by atoms with Gasteiger partial charge in [0.25, 0.3) is 0 Å². The maximum absolute atomic E-state index is 6.53. The lowest BCUT2D eigenvalue weighted by atomic mass is 10.0. The maximum atomic E-state index is 6.53. The summed E-state index contributed by atoms with van der Waals surface area (Å²) in [4.78, 5) is 0. The number of hydrogen-bond donors (Lipinski definition) is 0. The van der Waals surface area contributed by atoms with Gasteiger partial charge in [-0.15, -0.1) is 18.2 Å². The molecule has 0 unspecified atom stereocenters. The van der Waals surface area contributed by atoms with Gasteiger partial charge in [-0.1, -0.05) is 36.4 Å². The second kappa shape index (κ2) is 5.43. The van der Waals surface area contributed by atoms with Gasteiger partial charge in [0.2, 0.25) is 0 Å². The average Bonchev–Trinajstić information content (AvgIpc) is 2.65. The lowest BCUT2D eigenvalue weighted by molar-refractivity contribution is -0.146. The summed E-state index contributed by atoms with van der Waals surface area (Å²) in [5.41, 5.74) is 1.06. The van der Waals surface area contributed by atoms with Gasteiger partial charge in [-0.2, -0.15) is 0 Å². The van der Waals surface area contributed by atoms with Gasteiger partial charge in [-0.3, -0.25) is 0 Å². The molecule has 1 aromatic rings. The lowest BCUT2D eigenvalue weighted by Gasteiger charge is -2.21. The Morgan fingerprint density at radius 1 is 1.33 bits per heavy atom. The number of benzene rings is 1. The van der Waals surface area contributed by atoms with Crippen LogP contribution in [0.3, 0.4) is 0 Å². The highest BCUT2D eigenvalue weighted by Crippen LogP contribution is 2.39. The quantitative estimate of drug-likeness (QED) is 0.604. The van der Waals surface area contributed by atoms with Gasteiger partial charge < -0.3 is 9.47 Å². The second-order valence-electron chi connectivity index (χ2n) is 4.98. The Morgan fingerprint density at radius 2 is 2.00 bits per heavy atom. The van der Waals surface area contributed by atoms with E-state index in [1.165, 1.54) is 0 Å². The third-order valence-corrected chi connectivity index (χ3v) is 3.53. The SMILES string of the molecule is C=CC[C@H]1OC(C)(C)O[C@H]1[C@@H](Cl)c1ccccc1. The van der Waals surface area contributed by atoms with Gasteiger partial charge in [0, 0.05) is 0 Å². The van der Waals surface area contributed by atoms with E-state index in [4.69, 9.17) is 21.1 Å². The van der Waals surface area contributed by atoms with Crippen LogP contribution < -0.4 is 0 Å². The normalized spacial score (nSPS) is 27.9. The van der Waals surface area contributed by atoms with Crippen molar-refractivity contribution in [1.29, 1.82) is 0 Å². The Balaban J connectivity index is 2.17. The fourth-order valence-electron chi connectivity index (χ4n) is 2.28. The van der Waals surface area contributed by atoms with Crippen LogP contribution in [-0.4, -0.2) is 18.0 Å². The molecule has 1 aromatic carbocycles. The first-order valence-electron chi connectivity index (χ1n) is 6.19. The predicted molar refractivity (Wildman–Crippen MR) is 73.7 cm³/mol. The molecule has 0 bridgehead atoms. The van der Waals surface area contributed by atoms with Crippen LogP contribution in [0.2, 0.25) is 0 Å². The molecule has 2 rings (SSSR count). The van der Waals surface area contributed by atoms with Crippen LogP contribution in [0.5, 0.6) is 0 Å². The molecule has 1 saturated heterocycles. The molecular formula is C15H19ClO2. The first kappa shape index (κ1) is 13.6. The Morgan fingerprint density at radius 3 is 2.61 bits per heavy atom. The zero-order chi connectivity index (χ0) is 13.2. The van der Waals surface area contributed by atoms with E-state index in [1.54, 1.807) is 0 Å². The van der Waals surface area contributed by atoms with Crippen molar-refractivity contribution < 1.29 is 9.47 Å². The van der Waals surface area contributed by atoms with E-state index < -0.39 is 5.79 Å². The highest BCUT2D eigenvalue weighted by molar-refractivity contribution is 6.21. The van der Waals surface area contributed by atoms with E-state index in [0.717, 1.165) is 12.0 Å². The van der Waals surface area contributed by atoms with E-state index in [1.807, 2.05) is 50.3 Å². The molecule has 3 atom stereocenters. The minimum atomic E-state index is -0.583. The van der Waals surface area contributed by atoms with Crippen molar-refractivity contribution in [2.45, 2.75) is 43.6 Å². The number of hydrogen-bond acceptors (Lipinski definition) is 2. The number of alkyl halides is 1. The smallest absolute Gasteiger partial charge is 0.163 e. The minimum absolute atomic E-state index is 0.0415. The topological polar surface area (TPSA) is 18.5 Å². The molecule has 0 aliphatic carbocycles. The summed E-state index contributed by atoms with van der Waals surface area (Å²) in [5.74, 6) is -0.583. The number of ether oxygens (including phenoxy) is 2. The van der Waals surface area contributed by atoms with E-state index in [2.05, 4.69) is 6.58 Å². The Labute approximate surface area is 114 Å². The van der Waals surface area contributed by atoms with E-state index in [-0.39, 0.29) is 17.6 Å². The van der Waals surface area contributed by atoms with Gasteiger partial charge in [0.1, 0.15) is 6.10 Å². The summed E-state index contributed by atoms with van der Waals surface area (Å²) >= 11 is 6.53. The molecule has 1 aliphatic rings. The second-order valence-corrected chi connectivity index (χ2v) is 5.45. The monoisotopic (exact) mass is 266 g/mol. The van der Waals surface area contributed by atoms with Gasteiger partial charge in [0.05, 0.1) is 11.5 Å². The van der Waals surface area contributed by atoms with Crippen molar-refractivity contribution in [3.05, 3.63) is 48.6 Å². The third kappa shape index (κ3) is 2.94. The molecule has 0 saturated carbocycles. The Hall–Kier alpha value is -0.830. The summed E-state index contributed by atoms with van der Waals surface area (Å²) in [7, 11) is 0. The molecule has 0 aromatic heterocycles. The molecule has 2 nitrogen and oxygen atoms in total. The fraction of sp³-hybridized carbons (Fsp3) is 0.467. The first-order chi connectivity index (χ1) is 8.53. The summed E-state index contributed by atoms with van der Waals surface area (Å²) in [6.45, 7) is 7.59. The van der Waals surface area contributed by atoms with Crippen molar-refractivity contribution >= 4 is 11.6 Å². The summed E-state index contributed by atoms with van der Waals surface area (Å²) < 4.78 is 11.8. The van der Waals surface area contributed by atoms with Crippen LogP contribution in [0.4, 0.5) is 0 Å². The predicted octanol–water partition coefficient (Wildman–Crippen LogP) is 4.06. The minimum Gasteiger partial charge on any atom is -0.344 e. The van der Waals surface area contributed by atoms with Crippen LogP contribution >= 0.6 is 11.6 Å². The van der Waals surface area contributed by atoms with Crippen molar-refractivity contribution in [2.75, 3.05) is 0 Å². The molecular weight excluding hydrogens is 248 g/mol. The van der Waals surface area contributed by atoms with Gasteiger partial charge in [-0.05, 0) is 25.8 Å². The van der Waals surface area contributed by atoms with Crippen molar-refractivity contribution in [3.63, 3.8) is 0 Å². The van der Waals surface area contributed by atoms with Crippen molar-refractivity contribution in [2.24, 2.45) is 0 Å². The molecule has 0 amide bonds. The first-order valence-corrected chi connectivity index (χ1v) is 6.63. The van der Waals surface area contributed by atoms with E-state index in [9.17, 15) is 0 Å². The maximum Gasteiger partial charge on any atom is 0.163 e. The van der Waals surface area contributed by atoms with Crippen LogP contribution in [0.1, 0.15) is 31.2 Å². The van der Waals surface area contributed by atoms with Gasteiger partial charge >= 0.3 is 0 Å². The highest BCUT2D eigenvalue weighted by atomic mass is 35.5. The fourth-order valence-corrected chi connectivity index (χ4v) is 2.64. The average molecular weight is 267 g/mol. The van der Waals surface area contributed by atoms with Crippen molar-refractivity contribution in [1.82, 2.24) is 0 Å². The van der Waals surface area contributed by atoms with Crippen LogP contribution in [0.25, 0.3) is 0 Å². The number of halogens is 1. The molecule has 1 heterocycles. The van der Waals surface area contributed by atoms with Gasteiger partial charge in [-0.25, -0.2) is 0 Å². The third-order valence-electron chi connectivity index (χ3n) is 3.03. The molecule has 98 valence electrons. The largest absolute Gasteiger partial charge is 0.344 e. The molecule has 0 radical (unpaired) electrons. The zero-order valence-corrected chi connectivity index (χ0v) is 11.6. The van der Waals surface area contributed by atoms with Gasteiger partial charge in [0.15, 0.2) is 5.79 Å². The Kier molecular flexibility index (Phi) is 4.10. The Bertz CT molecular complexity index is 402. The van der Waals surface area contributed by atoms with E-state index >= 15 is 0 Å². The zero-order valence-electron chi connectivity index (χ0n) is 10.8. The van der Waals surface area contributed by atoms with E-state index in [0.29, 0.717) is 0 Å². The summed E-state index contributed by atoms with van der Waals surface area (Å²) in [5, 5.41) is -0.210. The molecule has 0 N–H and O–H groups in total. The molecule has 0 spiro atoms. The van der Waals surface area contributed by atoms with Crippen LogP contribution in [-0.2, 0) is 9.47 Å². The molecule has 1 fully saturated rings. The highest BCUT2D eigenvalue weighted by Gasteiger charge is 2.44. The molecule has 18 heavy (non-hydrogen) atoms. The van der Waals surface area contributed by atoms with Crippen molar-refractivity contribution in [3.8, 4) is 0 Å².